The van der Waals surface area contributed by atoms with Crippen LogP contribution >= 0.6 is 0 Å². The van der Waals surface area contributed by atoms with E-state index >= 15 is 0 Å². The van der Waals surface area contributed by atoms with E-state index in [1.54, 1.807) is 0 Å². The van der Waals surface area contributed by atoms with Crippen LogP contribution in [0.3, 0.4) is 0 Å². The third-order valence-electron chi connectivity index (χ3n) is 2.69. The van der Waals surface area contributed by atoms with Crippen LogP contribution in [0.15, 0.2) is 12.2 Å². The summed E-state index contributed by atoms with van der Waals surface area (Å²) >= 11 is 0. The molecule has 1 atom stereocenters. The lowest BCUT2D eigenvalue weighted by molar-refractivity contribution is -0.0594. The molecule has 0 spiro atoms. The van der Waals surface area contributed by atoms with Crippen molar-refractivity contribution < 1.29 is 4.74 Å². The van der Waals surface area contributed by atoms with Crippen LogP contribution in [0.5, 0.6) is 0 Å². The Morgan fingerprint density at radius 3 is 2.58 bits per heavy atom. The zero-order valence-corrected chi connectivity index (χ0v) is 7.54. The van der Waals surface area contributed by atoms with E-state index in [1.165, 1.54) is 32.4 Å². The maximum atomic E-state index is 5.66. The van der Waals surface area contributed by atoms with Gasteiger partial charge in [0.25, 0.3) is 0 Å². The zero-order valence-electron chi connectivity index (χ0n) is 7.54. The predicted octanol–water partition coefficient (Wildman–Crippen LogP) is 1.77. The number of piperidine rings is 1. The number of rotatable bonds is 1. The van der Waals surface area contributed by atoms with E-state index < -0.39 is 0 Å². The molecule has 0 radical (unpaired) electrons. The monoisotopic (exact) mass is 167 g/mol. The van der Waals surface area contributed by atoms with Crippen LogP contribution in [0.25, 0.3) is 0 Å². The Balaban J connectivity index is 1.85. The molecule has 0 aliphatic carbocycles. The summed E-state index contributed by atoms with van der Waals surface area (Å²) in [7, 11) is 0. The van der Waals surface area contributed by atoms with E-state index in [2.05, 4.69) is 17.1 Å². The molecule has 0 aromatic carbocycles. The Hall–Kier alpha value is -0.340. The van der Waals surface area contributed by atoms with E-state index in [-0.39, 0.29) is 0 Å². The number of likely N-dealkylation sites (tertiary alicyclic amines) is 1. The van der Waals surface area contributed by atoms with Crippen molar-refractivity contribution in [3.05, 3.63) is 12.2 Å². The fourth-order valence-electron chi connectivity index (χ4n) is 1.98. The Morgan fingerprint density at radius 1 is 1.08 bits per heavy atom. The van der Waals surface area contributed by atoms with Gasteiger partial charge in [0, 0.05) is 19.5 Å². The van der Waals surface area contributed by atoms with Gasteiger partial charge in [0.2, 0.25) is 0 Å². The molecule has 0 N–H and O–H groups in total. The average Bonchev–Trinajstić information content (AvgIpc) is 2.21. The van der Waals surface area contributed by atoms with Crippen LogP contribution in [0, 0.1) is 0 Å². The Morgan fingerprint density at radius 2 is 1.92 bits per heavy atom. The van der Waals surface area contributed by atoms with Gasteiger partial charge >= 0.3 is 0 Å². The SMILES string of the molecule is C1=CCC(N2CCCCC2)OC1. The predicted molar refractivity (Wildman–Crippen MR) is 48.9 cm³/mol. The van der Waals surface area contributed by atoms with Crippen molar-refractivity contribution in [2.75, 3.05) is 19.7 Å². The van der Waals surface area contributed by atoms with Gasteiger partial charge in [0.1, 0.15) is 6.23 Å². The lowest BCUT2D eigenvalue weighted by Gasteiger charge is -2.34. The number of ether oxygens (including phenoxy) is 1. The fraction of sp³-hybridized carbons (Fsp3) is 0.800. The summed E-state index contributed by atoms with van der Waals surface area (Å²) in [6, 6.07) is 0. The lowest BCUT2D eigenvalue weighted by Crippen LogP contribution is -2.41. The van der Waals surface area contributed by atoms with Crippen LogP contribution in [-0.4, -0.2) is 30.8 Å². The minimum atomic E-state index is 0.385. The highest BCUT2D eigenvalue weighted by Crippen LogP contribution is 2.17. The van der Waals surface area contributed by atoms with Gasteiger partial charge in [0.15, 0.2) is 0 Å². The first kappa shape index (κ1) is 8.27. The van der Waals surface area contributed by atoms with E-state index in [9.17, 15) is 0 Å². The van der Waals surface area contributed by atoms with E-state index in [0.29, 0.717) is 6.23 Å². The number of hydrogen-bond donors (Lipinski definition) is 0. The number of nitrogens with zero attached hydrogens (tertiary/aromatic N) is 1. The molecule has 12 heavy (non-hydrogen) atoms. The second kappa shape index (κ2) is 4.06. The molecular weight excluding hydrogens is 150 g/mol. The van der Waals surface area contributed by atoms with Crippen molar-refractivity contribution in [1.82, 2.24) is 4.90 Å². The van der Waals surface area contributed by atoms with Crippen LogP contribution < -0.4 is 0 Å². The first-order chi connectivity index (χ1) is 5.97. The van der Waals surface area contributed by atoms with Crippen molar-refractivity contribution in [3.63, 3.8) is 0 Å². The van der Waals surface area contributed by atoms with Gasteiger partial charge in [-0.25, -0.2) is 0 Å². The summed E-state index contributed by atoms with van der Waals surface area (Å²) in [6.07, 6.45) is 9.92. The molecule has 68 valence electrons. The largest absolute Gasteiger partial charge is 0.359 e. The standard InChI is InChI=1S/C10H17NO/c1-3-7-11(8-4-1)10-6-2-5-9-12-10/h2,5,10H,1,3-4,6-9H2. The topological polar surface area (TPSA) is 12.5 Å². The molecule has 0 aromatic heterocycles. The number of hydrogen-bond acceptors (Lipinski definition) is 2. The maximum Gasteiger partial charge on any atom is 0.114 e. The van der Waals surface area contributed by atoms with Gasteiger partial charge < -0.3 is 4.74 Å². The second-order valence-corrected chi connectivity index (χ2v) is 3.59. The maximum absolute atomic E-state index is 5.66. The molecule has 1 saturated heterocycles. The summed E-state index contributed by atoms with van der Waals surface area (Å²) in [5.74, 6) is 0. The summed E-state index contributed by atoms with van der Waals surface area (Å²) < 4.78 is 5.66. The Kier molecular flexibility index (Phi) is 2.79. The highest BCUT2D eigenvalue weighted by atomic mass is 16.5. The molecule has 2 heterocycles. The first-order valence-corrected chi connectivity index (χ1v) is 4.97. The molecule has 1 unspecified atom stereocenters. The normalized spacial score (nSPS) is 32.2. The van der Waals surface area contributed by atoms with Crippen LogP contribution in [-0.2, 0) is 4.74 Å². The van der Waals surface area contributed by atoms with Gasteiger partial charge in [-0.2, -0.15) is 0 Å². The molecule has 2 aliphatic rings. The van der Waals surface area contributed by atoms with Gasteiger partial charge in [-0.1, -0.05) is 18.6 Å². The minimum absolute atomic E-state index is 0.385. The Bertz CT molecular complexity index is 161. The molecule has 2 aliphatic heterocycles. The molecular formula is C10H17NO. The smallest absolute Gasteiger partial charge is 0.114 e. The van der Waals surface area contributed by atoms with Gasteiger partial charge in [-0.05, 0) is 12.8 Å². The molecule has 2 heteroatoms. The third-order valence-corrected chi connectivity index (χ3v) is 2.69. The summed E-state index contributed by atoms with van der Waals surface area (Å²) in [6.45, 7) is 3.28. The van der Waals surface area contributed by atoms with E-state index in [4.69, 9.17) is 4.74 Å². The fourth-order valence-corrected chi connectivity index (χ4v) is 1.98. The zero-order chi connectivity index (χ0) is 8.23. The van der Waals surface area contributed by atoms with Gasteiger partial charge in [-0.3, -0.25) is 4.90 Å². The average molecular weight is 167 g/mol. The lowest BCUT2D eigenvalue weighted by atomic mass is 10.1. The first-order valence-electron chi connectivity index (χ1n) is 4.97. The Labute approximate surface area is 74.2 Å². The van der Waals surface area contributed by atoms with Crippen molar-refractivity contribution in [3.8, 4) is 0 Å². The third kappa shape index (κ3) is 1.87. The van der Waals surface area contributed by atoms with Crippen molar-refractivity contribution in [2.24, 2.45) is 0 Å². The summed E-state index contributed by atoms with van der Waals surface area (Å²) in [5, 5.41) is 0. The molecule has 0 saturated carbocycles. The molecule has 2 nitrogen and oxygen atoms in total. The quantitative estimate of drug-likeness (QED) is 0.552. The summed E-state index contributed by atoms with van der Waals surface area (Å²) in [5.41, 5.74) is 0. The van der Waals surface area contributed by atoms with Crippen molar-refractivity contribution >= 4 is 0 Å². The molecule has 0 bridgehead atoms. The van der Waals surface area contributed by atoms with Gasteiger partial charge in [-0.15, -0.1) is 0 Å². The summed E-state index contributed by atoms with van der Waals surface area (Å²) in [4.78, 5) is 2.48. The molecule has 2 rings (SSSR count). The van der Waals surface area contributed by atoms with E-state index in [0.717, 1.165) is 13.0 Å². The van der Waals surface area contributed by atoms with Crippen LogP contribution in [0.4, 0.5) is 0 Å². The van der Waals surface area contributed by atoms with Crippen LogP contribution in [0.1, 0.15) is 25.7 Å². The highest BCUT2D eigenvalue weighted by molar-refractivity contribution is 4.89. The minimum Gasteiger partial charge on any atom is -0.359 e. The van der Waals surface area contributed by atoms with Crippen LogP contribution in [0.2, 0.25) is 0 Å². The van der Waals surface area contributed by atoms with Crippen molar-refractivity contribution in [1.29, 1.82) is 0 Å². The molecule has 0 aromatic rings. The van der Waals surface area contributed by atoms with Crippen molar-refractivity contribution in [2.45, 2.75) is 31.9 Å². The molecule has 1 fully saturated rings. The van der Waals surface area contributed by atoms with Gasteiger partial charge in [0.05, 0.1) is 6.61 Å². The highest BCUT2D eigenvalue weighted by Gasteiger charge is 2.20. The molecule has 0 amide bonds. The second-order valence-electron chi connectivity index (χ2n) is 3.59. The van der Waals surface area contributed by atoms with E-state index in [1.807, 2.05) is 0 Å².